The molecule has 1 aliphatic rings. The second-order valence-electron chi connectivity index (χ2n) is 4.04. The Morgan fingerprint density at radius 2 is 2.22 bits per heavy atom. The number of aromatic nitrogens is 1. The second kappa shape index (κ2) is 5.30. The van der Waals surface area contributed by atoms with E-state index in [4.69, 9.17) is 23.2 Å². The zero-order valence-electron chi connectivity index (χ0n) is 9.38. The maximum absolute atomic E-state index is 12.3. The van der Waals surface area contributed by atoms with E-state index >= 15 is 0 Å². The third-order valence-corrected chi connectivity index (χ3v) is 5.51. The Hall–Kier alpha value is -0.400. The van der Waals surface area contributed by atoms with Crippen molar-refractivity contribution in [3.05, 3.63) is 22.4 Å². The fraction of sp³-hybridized carbons (Fsp3) is 0.500. The van der Waals surface area contributed by atoms with Crippen LogP contribution in [0.25, 0.3) is 0 Å². The molecule has 0 spiro atoms. The van der Waals surface area contributed by atoms with Crippen molar-refractivity contribution in [1.29, 1.82) is 0 Å². The van der Waals surface area contributed by atoms with Crippen LogP contribution in [0.15, 0.2) is 17.2 Å². The first-order valence-corrected chi connectivity index (χ1v) is 7.60. The van der Waals surface area contributed by atoms with Gasteiger partial charge in [-0.25, -0.2) is 13.4 Å². The predicted molar refractivity (Wildman–Crippen MR) is 68.3 cm³/mol. The molecule has 0 unspecified atom stereocenters. The number of halogens is 2. The van der Waals surface area contributed by atoms with Crippen LogP contribution in [0.3, 0.4) is 0 Å². The van der Waals surface area contributed by atoms with Crippen molar-refractivity contribution in [3.8, 4) is 0 Å². The van der Waals surface area contributed by atoms with Gasteiger partial charge in [-0.15, -0.1) is 0 Å². The SMILES string of the molecule is O=S(=O)(c1cnc(Cl)c(Cl)c1)N1CCC[C@@H]1CO. The van der Waals surface area contributed by atoms with Gasteiger partial charge in [-0.1, -0.05) is 23.2 Å². The van der Waals surface area contributed by atoms with Gasteiger partial charge in [0.1, 0.15) is 10.0 Å². The van der Waals surface area contributed by atoms with Gasteiger partial charge in [0.15, 0.2) is 0 Å². The third-order valence-electron chi connectivity index (χ3n) is 2.91. The highest BCUT2D eigenvalue weighted by Crippen LogP contribution is 2.28. The Labute approximate surface area is 115 Å². The van der Waals surface area contributed by atoms with Gasteiger partial charge in [0, 0.05) is 18.8 Å². The Morgan fingerprint density at radius 1 is 1.50 bits per heavy atom. The molecule has 0 bridgehead atoms. The maximum Gasteiger partial charge on any atom is 0.244 e. The Bertz CT molecular complexity index is 550. The molecule has 1 aliphatic heterocycles. The lowest BCUT2D eigenvalue weighted by Gasteiger charge is -2.22. The third kappa shape index (κ3) is 2.48. The highest BCUT2D eigenvalue weighted by Gasteiger charge is 2.35. The second-order valence-corrected chi connectivity index (χ2v) is 6.69. The van der Waals surface area contributed by atoms with E-state index in [1.54, 1.807) is 0 Å². The summed E-state index contributed by atoms with van der Waals surface area (Å²) in [7, 11) is -3.67. The van der Waals surface area contributed by atoms with Gasteiger partial charge >= 0.3 is 0 Å². The molecule has 0 aliphatic carbocycles. The van der Waals surface area contributed by atoms with Crippen molar-refractivity contribution < 1.29 is 13.5 Å². The number of aliphatic hydroxyl groups is 1. The van der Waals surface area contributed by atoms with E-state index in [-0.39, 0.29) is 27.7 Å². The van der Waals surface area contributed by atoms with Crippen LogP contribution >= 0.6 is 23.2 Å². The Morgan fingerprint density at radius 3 is 2.83 bits per heavy atom. The number of rotatable bonds is 3. The van der Waals surface area contributed by atoms with Crippen molar-refractivity contribution in [1.82, 2.24) is 9.29 Å². The minimum Gasteiger partial charge on any atom is -0.395 e. The number of pyridine rings is 1. The molecule has 1 atom stereocenters. The summed E-state index contributed by atoms with van der Waals surface area (Å²) in [6.45, 7) is 0.210. The van der Waals surface area contributed by atoms with Gasteiger partial charge in [0.2, 0.25) is 10.0 Å². The van der Waals surface area contributed by atoms with Crippen molar-refractivity contribution >= 4 is 33.2 Å². The van der Waals surface area contributed by atoms with Crippen LogP contribution in [0.5, 0.6) is 0 Å². The molecule has 1 N–H and O–H groups in total. The van der Waals surface area contributed by atoms with Crippen molar-refractivity contribution in [3.63, 3.8) is 0 Å². The molecule has 1 aromatic rings. The van der Waals surface area contributed by atoms with Crippen molar-refractivity contribution in [2.45, 2.75) is 23.8 Å². The van der Waals surface area contributed by atoms with Gasteiger partial charge in [0.25, 0.3) is 0 Å². The van der Waals surface area contributed by atoms with E-state index in [0.29, 0.717) is 13.0 Å². The molecule has 0 saturated carbocycles. The Kier molecular flexibility index (Phi) is 4.13. The Balaban J connectivity index is 2.38. The smallest absolute Gasteiger partial charge is 0.244 e. The summed E-state index contributed by atoms with van der Waals surface area (Å²) < 4.78 is 26.0. The van der Waals surface area contributed by atoms with Crippen molar-refractivity contribution in [2.24, 2.45) is 0 Å². The number of hydrogen-bond donors (Lipinski definition) is 1. The summed E-state index contributed by atoms with van der Waals surface area (Å²) in [5.74, 6) is 0. The summed E-state index contributed by atoms with van der Waals surface area (Å²) in [5.41, 5.74) is 0. The minimum absolute atomic E-state index is 0.00255. The number of hydrogen-bond acceptors (Lipinski definition) is 4. The molecule has 0 amide bonds. The van der Waals surface area contributed by atoms with E-state index in [0.717, 1.165) is 6.42 Å². The lowest BCUT2D eigenvalue weighted by Crippen LogP contribution is -2.37. The zero-order valence-corrected chi connectivity index (χ0v) is 11.7. The maximum atomic E-state index is 12.3. The molecule has 1 saturated heterocycles. The first-order chi connectivity index (χ1) is 8.46. The van der Waals surface area contributed by atoms with Gasteiger partial charge in [0.05, 0.1) is 11.6 Å². The normalized spacial score (nSPS) is 21.4. The fourth-order valence-corrected chi connectivity index (χ4v) is 3.98. The molecule has 1 aromatic heterocycles. The van der Waals surface area contributed by atoms with Gasteiger partial charge in [-0.2, -0.15) is 4.31 Å². The molecule has 100 valence electrons. The molecule has 0 aromatic carbocycles. The number of sulfonamides is 1. The summed E-state index contributed by atoms with van der Waals surface area (Å²) in [5, 5.41) is 9.34. The summed E-state index contributed by atoms with van der Waals surface area (Å²) in [6.07, 6.45) is 2.57. The van der Waals surface area contributed by atoms with Crippen LogP contribution in [-0.4, -0.2) is 42.0 Å². The van der Waals surface area contributed by atoms with E-state index in [2.05, 4.69) is 4.98 Å². The topological polar surface area (TPSA) is 70.5 Å². The van der Waals surface area contributed by atoms with Gasteiger partial charge < -0.3 is 5.11 Å². The van der Waals surface area contributed by atoms with E-state index < -0.39 is 10.0 Å². The highest BCUT2D eigenvalue weighted by atomic mass is 35.5. The first-order valence-electron chi connectivity index (χ1n) is 5.40. The summed E-state index contributed by atoms with van der Waals surface area (Å²) in [6, 6.07) is 0.906. The quantitative estimate of drug-likeness (QED) is 0.860. The number of nitrogens with zero attached hydrogens (tertiary/aromatic N) is 2. The van der Waals surface area contributed by atoms with Gasteiger partial charge in [-0.05, 0) is 18.9 Å². The first kappa shape index (κ1) is 14.0. The molecule has 5 nitrogen and oxygen atoms in total. The van der Waals surface area contributed by atoms with Crippen LogP contribution in [0, 0.1) is 0 Å². The van der Waals surface area contributed by atoms with Crippen LogP contribution in [0.4, 0.5) is 0 Å². The molecule has 0 radical (unpaired) electrons. The molecule has 2 heterocycles. The van der Waals surface area contributed by atoms with E-state index in [1.807, 2.05) is 0 Å². The highest BCUT2D eigenvalue weighted by molar-refractivity contribution is 7.89. The van der Waals surface area contributed by atoms with Crippen LogP contribution in [-0.2, 0) is 10.0 Å². The molecular weight excluding hydrogens is 299 g/mol. The average Bonchev–Trinajstić information content (AvgIpc) is 2.81. The molecule has 8 heteroatoms. The predicted octanol–water partition coefficient (Wildman–Crippen LogP) is 1.53. The van der Waals surface area contributed by atoms with Crippen LogP contribution in [0.2, 0.25) is 10.2 Å². The minimum atomic E-state index is -3.67. The fourth-order valence-electron chi connectivity index (χ4n) is 1.99. The van der Waals surface area contributed by atoms with E-state index in [9.17, 15) is 13.5 Å². The summed E-state index contributed by atoms with van der Waals surface area (Å²) >= 11 is 11.4. The average molecular weight is 311 g/mol. The van der Waals surface area contributed by atoms with Gasteiger partial charge in [-0.3, -0.25) is 0 Å². The molecule has 1 fully saturated rings. The number of aliphatic hydroxyl groups excluding tert-OH is 1. The largest absolute Gasteiger partial charge is 0.395 e. The summed E-state index contributed by atoms with van der Waals surface area (Å²) in [4.78, 5) is 3.73. The standard InChI is InChI=1S/C10H12Cl2N2O3S/c11-9-4-8(5-13-10(9)12)18(16,17)14-3-1-2-7(14)6-15/h4-5,7,15H,1-3,6H2/t7-/m1/s1. The van der Waals surface area contributed by atoms with Crippen LogP contribution in [0.1, 0.15) is 12.8 Å². The molecular formula is C10H12Cl2N2O3S. The van der Waals surface area contributed by atoms with E-state index in [1.165, 1.54) is 16.6 Å². The lowest BCUT2D eigenvalue weighted by molar-refractivity contribution is 0.213. The van der Waals surface area contributed by atoms with Crippen LogP contribution < -0.4 is 0 Å². The monoisotopic (exact) mass is 310 g/mol. The molecule has 18 heavy (non-hydrogen) atoms. The lowest BCUT2D eigenvalue weighted by atomic mass is 10.2. The van der Waals surface area contributed by atoms with Crippen molar-refractivity contribution in [2.75, 3.05) is 13.2 Å². The molecule has 2 rings (SSSR count). The zero-order chi connectivity index (χ0) is 13.3.